The van der Waals surface area contributed by atoms with Crippen molar-refractivity contribution >= 4 is 19.7 Å². The topological polar surface area (TPSA) is 46.2 Å². The summed E-state index contributed by atoms with van der Waals surface area (Å²) in [6.45, 7) is 4.75. The second kappa shape index (κ2) is 5.14. The fourth-order valence-electron chi connectivity index (χ4n) is 1.75. The summed E-state index contributed by atoms with van der Waals surface area (Å²) in [5.74, 6) is -0.104. The van der Waals surface area contributed by atoms with Gasteiger partial charge in [0.05, 0.1) is 5.75 Å². The quantitative estimate of drug-likeness (QED) is 0.597. The van der Waals surface area contributed by atoms with Crippen LogP contribution in [0.3, 0.4) is 0 Å². The highest BCUT2D eigenvalue weighted by molar-refractivity contribution is 8.13. The molecule has 1 unspecified atom stereocenters. The monoisotopic (exact) mass is 237 g/mol. The molecule has 0 aliphatic carbocycles. The molecule has 0 radical (unpaired) electrons. The Hall–Kier alpha value is -0.0600. The van der Waals surface area contributed by atoms with Gasteiger partial charge in [0.2, 0.25) is 9.05 Å². The first-order chi connectivity index (χ1) is 6.47. The average molecular weight is 238 g/mol. The van der Waals surface area contributed by atoms with E-state index in [2.05, 4.69) is 11.9 Å². The van der Waals surface area contributed by atoms with Gasteiger partial charge in [0.25, 0.3) is 0 Å². The molecule has 0 spiro atoms. The van der Waals surface area contributed by atoms with Crippen LogP contribution >= 0.6 is 10.7 Å². The maximum Gasteiger partial charge on any atom is 0.236 e. The predicted octanol–water partition coefficient (Wildman–Crippen LogP) is 1.64. The van der Waals surface area contributed by atoms with E-state index in [1.54, 1.807) is 0 Å². The minimum absolute atomic E-state index is 0.104. The molecule has 82 valence electrons. The van der Waals surface area contributed by atoms with E-state index < -0.39 is 9.05 Å². The third kappa shape index (κ3) is 4.98. The van der Waals surface area contributed by atoms with Crippen molar-refractivity contribution in [1.82, 2.24) is 5.32 Å². The van der Waals surface area contributed by atoms with E-state index in [0.717, 1.165) is 13.0 Å². The van der Waals surface area contributed by atoms with Gasteiger partial charge in [-0.3, -0.25) is 0 Å². The van der Waals surface area contributed by atoms with Crippen LogP contribution in [-0.4, -0.2) is 26.8 Å². The lowest BCUT2D eigenvalue weighted by Crippen LogP contribution is -2.34. The molecular weight excluding hydrogens is 222 g/mol. The van der Waals surface area contributed by atoms with E-state index >= 15 is 0 Å². The molecule has 0 aromatic rings. The molecule has 14 heavy (non-hydrogen) atoms. The number of nitrogens with one attached hydrogen (secondary N) is 1. The summed E-state index contributed by atoms with van der Waals surface area (Å²) in [7, 11) is 1.71. The van der Waals surface area contributed by atoms with Crippen molar-refractivity contribution in [2.24, 2.45) is 0 Å². The second-order valence-corrected chi connectivity index (χ2v) is 6.56. The Labute approximate surface area is 89.9 Å². The second-order valence-electron chi connectivity index (χ2n) is 3.78. The van der Waals surface area contributed by atoms with Crippen LogP contribution < -0.4 is 5.32 Å². The molecule has 1 saturated heterocycles. The van der Waals surface area contributed by atoms with E-state index in [-0.39, 0.29) is 5.75 Å². The van der Waals surface area contributed by atoms with Crippen molar-refractivity contribution in [1.29, 1.82) is 0 Å². The van der Waals surface area contributed by atoms with Gasteiger partial charge in [-0.2, -0.15) is 0 Å². The summed E-state index contributed by atoms with van der Waals surface area (Å²) in [6.07, 6.45) is 4.22. The van der Waals surface area contributed by atoms with Crippen LogP contribution in [0.2, 0.25) is 0 Å². The van der Waals surface area contributed by atoms with Gasteiger partial charge in [-0.15, -0.1) is 0 Å². The van der Waals surface area contributed by atoms with E-state index in [1.807, 2.05) is 0 Å². The summed E-state index contributed by atoms with van der Waals surface area (Å²) in [6, 6.07) is 0.384. The molecule has 0 aromatic carbocycles. The molecule has 1 N–H and O–H groups in total. The number of hydrogen-bond donors (Lipinski definition) is 1. The average Bonchev–Trinajstić information content (AvgIpc) is 2.02. The van der Waals surface area contributed by atoms with Crippen LogP contribution in [-0.2, 0) is 9.05 Å². The molecule has 1 fully saturated rings. The number of piperidine rings is 1. The van der Waals surface area contributed by atoms with Crippen LogP contribution in [0.25, 0.3) is 0 Å². The largest absolute Gasteiger partial charge is 0.314 e. The summed E-state index contributed by atoms with van der Waals surface area (Å²) in [5.41, 5.74) is 0.694. The Morgan fingerprint density at radius 1 is 1.50 bits per heavy atom. The Morgan fingerprint density at radius 3 is 2.71 bits per heavy atom. The van der Waals surface area contributed by atoms with Crippen molar-refractivity contribution in [3.05, 3.63) is 12.2 Å². The molecule has 0 saturated carbocycles. The SMILES string of the molecule is C=C(CC1CCCCN1)CS(=O)(=O)Cl. The third-order valence-corrected chi connectivity index (χ3v) is 3.40. The van der Waals surface area contributed by atoms with Crippen LogP contribution in [0.1, 0.15) is 25.7 Å². The third-order valence-electron chi connectivity index (χ3n) is 2.32. The number of halogens is 1. The van der Waals surface area contributed by atoms with Crippen LogP contribution in [0, 0.1) is 0 Å². The van der Waals surface area contributed by atoms with Gasteiger partial charge in [-0.25, -0.2) is 8.42 Å². The molecule has 1 heterocycles. The lowest BCUT2D eigenvalue weighted by molar-refractivity contribution is 0.399. The van der Waals surface area contributed by atoms with Crippen molar-refractivity contribution in [2.45, 2.75) is 31.7 Å². The van der Waals surface area contributed by atoms with Crippen molar-refractivity contribution in [3.63, 3.8) is 0 Å². The zero-order chi connectivity index (χ0) is 10.6. The Bertz CT molecular complexity index is 294. The lowest BCUT2D eigenvalue weighted by Gasteiger charge is -2.23. The Balaban J connectivity index is 2.32. The molecular formula is C9H16ClNO2S. The van der Waals surface area contributed by atoms with Gasteiger partial charge in [-0.1, -0.05) is 18.6 Å². The van der Waals surface area contributed by atoms with E-state index in [1.165, 1.54) is 12.8 Å². The highest BCUT2D eigenvalue weighted by Gasteiger charge is 2.16. The normalized spacial score (nSPS) is 23.4. The molecule has 1 aliphatic rings. The fraction of sp³-hybridized carbons (Fsp3) is 0.778. The molecule has 0 aromatic heterocycles. The Kier molecular flexibility index (Phi) is 4.41. The predicted molar refractivity (Wildman–Crippen MR) is 59.0 cm³/mol. The summed E-state index contributed by atoms with van der Waals surface area (Å²) < 4.78 is 21.5. The minimum Gasteiger partial charge on any atom is -0.314 e. The zero-order valence-electron chi connectivity index (χ0n) is 8.13. The zero-order valence-corrected chi connectivity index (χ0v) is 9.70. The molecule has 0 bridgehead atoms. The lowest BCUT2D eigenvalue weighted by atomic mass is 9.99. The van der Waals surface area contributed by atoms with Crippen LogP contribution in [0.15, 0.2) is 12.2 Å². The first-order valence-electron chi connectivity index (χ1n) is 4.80. The maximum atomic E-state index is 10.8. The summed E-state index contributed by atoms with van der Waals surface area (Å²) in [5, 5.41) is 3.34. The highest BCUT2D eigenvalue weighted by Crippen LogP contribution is 2.16. The van der Waals surface area contributed by atoms with Crippen LogP contribution in [0.5, 0.6) is 0 Å². The van der Waals surface area contributed by atoms with Gasteiger partial charge in [-0.05, 0) is 25.8 Å². The van der Waals surface area contributed by atoms with Gasteiger partial charge in [0, 0.05) is 16.7 Å². The van der Waals surface area contributed by atoms with Crippen molar-refractivity contribution < 1.29 is 8.42 Å². The molecule has 0 amide bonds. The van der Waals surface area contributed by atoms with Gasteiger partial charge < -0.3 is 5.32 Å². The smallest absolute Gasteiger partial charge is 0.236 e. The molecule has 5 heteroatoms. The van der Waals surface area contributed by atoms with Crippen molar-refractivity contribution in [3.8, 4) is 0 Å². The standard InChI is InChI=1S/C9H16ClNO2S/c1-8(7-14(10,12)13)6-9-4-2-3-5-11-9/h9,11H,1-7H2. The Morgan fingerprint density at radius 2 is 2.21 bits per heavy atom. The van der Waals surface area contributed by atoms with Gasteiger partial charge >= 0.3 is 0 Å². The fourth-order valence-corrected chi connectivity index (χ4v) is 2.82. The highest BCUT2D eigenvalue weighted by atomic mass is 35.7. The number of rotatable bonds is 4. The maximum absolute atomic E-state index is 10.8. The molecule has 1 rings (SSSR count). The van der Waals surface area contributed by atoms with Crippen molar-refractivity contribution in [2.75, 3.05) is 12.3 Å². The van der Waals surface area contributed by atoms with Crippen LogP contribution in [0.4, 0.5) is 0 Å². The van der Waals surface area contributed by atoms with Gasteiger partial charge in [0.15, 0.2) is 0 Å². The first kappa shape index (κ1) is 12.0. The van der Waals surface area contributed by atoms with E-state index in [9.17, 15) is 8.42 Å². The minimum atomic E-state index is -3.43. The van der Waals surface area contributed by atoms with E-state index in [0.29, 0.717) is 18.0 Å². The summed E-state index contributed by atoms with van der Waals surface area (Å²) in [4.78, 5) is 0. The molecule has 1 aliphatic heterocycles. The number of hydrogen-bond acceptors (Lipinski definition) is 3. The molecule has 1 atom stereocenters. The van der Waals surface area contributed by atoms with Gasteiger partial charge in [0.1, 0.15) is 0 Å². The molecule has 3 nitrogen and oxygen atoms in total. The first-order valence-corrected chi connectivity index (χ1v) is 7.27. The summed E-state index contributed by atoms with van der Waals surface area (Å²) >= 11 is 0. The van der Waals surface area contributed by atoms with E-state index in [4.69, 9.17) is 10.7 Å².